The Morgan fingerprint density at radius 2 is 2.27 bits per heavy atom. The smallest absolute Gasteiger partial charge is 0.0249 e. The molecule has 1 atom stereocenters. The summed E-state index contributed by atoms with van der Waals surface area (Å²) < 4.78 is 1.92. The minimum atomic E-state index is 0.812. The van der Waals surface area contributed by atoms with Gasteiger partial charge in [0.25, 0.3) is 0 Å². The van der Waals surface area contributed by atoms with Crippen molar-refractivity contribution in [3.63, 3.8) is 0 Å². The van der Waals surface area contributed by atoms with Gasteiger partial charge in [0.05, 0.1) is 0 Å². The Balaban J connectivity index is 2.23. The van der Waals surface area contributed by atoms with Crippen molar-refractivity contribution < 1.29 is 0 Å². The van der Waals surface area contributed by atoms with Gasteiger partial charge in [-0.2, -0.15) is 2.95 Å². The summed E-state index contributed by atoms with van der Waals surface area (Å²) in [5.74, 6) is 0.812. The maximum atomic E-state index is 3.36. The molecule has 1 heterocycles. The second-order valence-electron chi connectivity index (χ2n) is 3.26. The zero-order valence-electron chi connectivity index (χ0n) is 6.76. The molecule has 11 heavy (non-hydrogen) atoms. The van der Waals surface area contributed by atoms with Crippen LogP contribution in [0.4, 0.5) is 0 Å². The molecule has 66 valence electrons. The van der Waals surface area contributed by atoms with Crippen LogP contribution in [0, 0.1) is 5.92 Å². The molecule has 0 saturated carbocycles. The van der Waals surface area contributed by atoms with Gasteiger partial charge in [0, 0.05) is 45.4 Å². The molecule has 0 aromatic heterocycles. The van der Waals surface area contributed by atoms with Gasteiger partial charge in [-0.3, -0.25) is 0 Å². The predicted octanol–water partition coefficient (Wildman–Crippen LogP) is 2.25. The summed E-state index contributed by atoms with van der Waals surface area (Å²) in [6, 6.07) is 0. The van der Waals surface area contributed by atoms with Gasteiger partial charge < -0.3 is 4.90 Å². The summed E-state index contributed by atoms with van der Waals surface area (Å²) in [4.78, 5) is 2.40. The van der Waals surface area contributed by atoms with E-state index < -0.39 is 0 Å². The number of rotatable bonds is 2. The number of halogens is 2. The highest BCUT2D eigenvalue weighted by molar-refractivity contribution is 9.21. The first kappa shape index (κ1) is 9.96. The van der Waals surface area contributed by atoms with Crippen molar-refractivity contribution in [1.82, 2.24) is 7.85 Å². The molecule has 1 fully saturated rings. The molecular weight excluding hydrogens is 272 g/mol. The van der Waals surface area contributed by atoms with E-state index in [9.17, 15) is 0 Å². The van der Waals surface area contributed by atoms with Crippen molar-refractivity contribution in [3.8, 4) is 0 Å². The molecule has 0 aromatic carbocycles. The van der Waals surface area contributed by atoms with E-state index in [2.05, 4.69) is 44.2 Å². The second-order valence-corrected chi connectivity index (χ2v) is 5.92. The van der Waals surface area contributed by atoms with Crippen LogP contribution >= 0.6 is 32.3 Å². The Labute approximate surface area is 85.6 Å². The molecule has 0 aliphatic carbocycles. The van der Waals surface area contributed by atoms with Gasteiger partial charge in [0.1, 0.15) is 0 Å². The van der Waals surface area contributed by atoms with Crippen LogP contribution in [-0.2, 0) is 0 Å². The first-order chi connectivity index (χ1) is 5.18. The summed E-state index contributed by atoms with van der Waals surface area (Å²) in [6.07, 6.45) is 2.70. The van der Waals surface area contributed by atoms with E-state index in [4.69, 9.17) is 0 Å². The number of piperidine rings is 1. The Hall–Kier alpha value is 0.880. The van der Waals surface area contributed by atoms with E-state index in [1.165, 1.54) is 25.9 Å². The number of hydrogen-bond donors (Lipinski definition) is 0. The molecular formula is C7H14Br2N2. The van der Waals surface area contributed by atoms with Gasteiger partial charge in [-0.05, 0) is 32.4 Å². The Bertz CT molecular complexity index is 117. The molecule has 2 nitrogen and oxygen atoms in total. The Morgan fingerprint density at radius 3 is 2.82 bits per heavy atom. The average molecular weight is 286 g/mol. The van der Waals surface area contributed by atoms with Gasteiger partial charge in [-0.25, -0.2) is 0 Å². The van der Waals surface area contributed by atoms with E-state index in [0.29, 0.717) is 0 Å². The molecule has 1 aliphatic rings. The second kappa shape index (κ2) is 4.80. The highest BCUT2D eigenvalue weighted by Crippen LogP contribution is 2.19. The quantitative estimate of drug-likeness (QED) is 0.718. The van der Waals surface area contributed by atoms with Crippen molar-refractivity contribution in [2.75, 3.05) is 26.7 Å². The molecule has 0 radical (unpaired) electrons. The maximum Gasteiger partial charge on any atom is 0.0249 e. The van der Waals surface area contributed by atoms with Gasteiger partial charge >= 0.3 is 0 Å². The van der Waals surface area contributed by atoms with E-state index in [-0.39, 0.29) is 0 Å². The van der Waals surface area contributed by atoms with Crippen molar-refractivity contribution in [1.29, 1.82) is 0 Å². The van der Waals surface area contributed by atoms with Crippen LogP contribution in [0.1, 0.15) is 12.8 Å². The topological polar surface area (TPSA) is 6.48 Å². The summed E-state index contributed by atoms with van der Waals surface area (Å²) in [7, 11) is 2.19. The molecule has 1 rings (SSSR count). The highest BCUT2D eigenvalue weighted by atomic mass is 79.9. The van der Waals surface area contributed by atoms with E-state index in [1.54, 1.807) is 0 Å². The molecule has 0 bridgehead atoms. The van der Waals surface area contributed by atoms with Crippen molar-refractivity contribution in [2.45, 2.75) is 12.8 Å². The molecule has 1 saturated heterocycles. The lowest BCUT2D eigenvalue weighted by molar-refractivity contribution is 0.205. The number of hydrogen-bond acceptors (Lipinski definition) is 2. The zero-order chi connectivity index (χ0) is 8.27. The Morgan fingerprint density at radius 1 is 1.55 bits per heavy atom. The third-order valence-electron chi connectivity index (χ3n) is 2.12. The molecule has 0 aromatic rings. The lowest BCUT2D eigenvalue weighted by Gasteiger charge is -2.30. The van der Waals surface area contributed by atoms with Crippen LogP contribution in [0.15, 0.2) is 0 Å². The summed E-state index contributed by atoms with van der Waals surface area (Å²) in [5, 5.41) is 0. The lowest BCUT2D eigenvalue weighted by Crippen LogP contribution is -2.35. The van der Waals surface area contributed by atoms with E-state index in [0.717, 1.165) is 12.5 Å². The average Bonchev–Trinajstić information content (AvgIpc) is 1.85. The summed E-state index contributed by atoms with van der Waals surface area (Å²) >= 11 is 6.72. The predicted molar refractivity (Wildman–Crippen MR) is 54.8 cm³/mol. The fourth-order valence-electron chi connectivity index (χ4n) is 1.62. The fraction of sp³-hybridized carbons (Fsp3) is 1.00. The summed E-state index contributed by atoms with van der Waals surface area (Å²) in [5.41, 5.74) is 0. The van der Waals surface area contributed by atoms with Crippen LogP contribution < -0.4 is 0 Å². The summed E-state index contributed by atoms with van der Waals surface area (Å²) in [6.45, 7) is 3.58. The molecule has 1 unspecified atom stereocenters. The van der Waals surface area contributed by atoms with Gasteiger partial charge in [0.2, 0.25) is 0 Å². The third-order valence-corrected chi connectivity index (χ3v) is 2.70. The van der Waals surface area contributed by atoms with Crippen LogP contribution in [0.3, 0.4) is 0 Å². The minimum absolute atomic E-state index is 0.812. The van der Waals surface area contributed by atoms with Crippen LogP contribution in [0.25, 0.3) is 0 Å². The third kappa shape index (κ3) is 3.87. The van der Waals surface area contributed by atoms with Gasteiger partial charge in [0.15, 0.2) is 0 Å². The van der Waals surface area contributed by atoms with E-state index in [1.807, 2.05) is 2.95 Å². The minimum Gasteiger partial charge on any atom is -0.306 e. The van der Waals surface area contributed by atoms with Crippen LogP contribution in [0.2, 0.25) is 0 Å². The standard InChI is InChI=1S/C7H14Br2N2/c1-10-4-2-3-7(5-10)6-11(8)9/h7H,2-6H2,1H3. The largest absolute Gasteiger partial charge is 0.306 e. The van der Waals surface area contributed by atoms with E-state index >= 15 is 0 Å². The number of nitrogens with zero attached hydrogens (tertiary/aromatic N) is 2. The maximum absolute atomic E-state index is 3.36. The SMILES string of the molecule is CN1CCCC(CN(Br)Br)C1. The molecule has 1 aliphatic heterocycles. The highest BCUT2D eigenvalue weighted by Gasteiger charge is 2.17. The molecule has 0 spiro atoms. The molecule has 0 N–H and O–H groups in total. The van der Waals surface area contributed by atoms with Crippen molar-refractivity contribution >= 4 is 32.3 Å². The molecule has 4 heteroatoms. The van der Waals surface area contributed by atoms with Gasteiger partial charge in [-0.1, -0.05) is 0 Å². The Kier molecular flexibility index (Phi) is 4.34. The normalized spacial score (nSPS) is 27.8. The van der Waals surface area contributed by atoms with Crippen LogP contribution in [0.5, 0.6) is 0 Å². The first-order valence-corrected chi connectivity index (χ1v) is 5.38. The van der Waals surface area contributed by atoms with Crippen LogP contribution in [-0.4, -0.2) is 34.5 Å². The van der Waals surface area contributed by atoms with Crippen molar-refractivity contribution in [3.05, 3.63) is 0 Å². The monoisotopic (exact) mass is 284 g/mol. The molecule has 0 amide bonds. The zero-order valence-corrected chi connectivity index (χ0v) is 9.94. The number of likely N-dealkylation sites (tertiary alicyclic amines) is 1. The van der Waals surface area contributed by atoms with Gasteiger partial charge in [-0.15, -0.1) is 0 Å². The van der Waals surface area contributed by atoms with Crippen molar-refractivity contribution in [2.24, 2.45) is 5.92 Å². The first-order valence-electron chi connectivity index (χ1n) is 3.96. The fourth-order valence-corrected chi connectivity index (χ4v) is 2.44. The lowest BCUT2D eigenvalue weighted by atomic mass is 9.99.